The van der Waals surface area contributed by atoms with E-state index in [2.05, 4.69) is 10.0 Å². The van der Waals surface area contributed by atoms with Crippen LogP contribution in [-0.2, 0) is 19.6 Å². The molecule has 0 aliphatic rings. The van der Waals surface area contributed by atoms with Gasteiger partial charge < -0.3 is 19.5 Å². The third-order valence-corrected chi connectivity index (χ3v) is 6.12. The number of hydrogen-bond donors (Lipinski definition) is 2. The lowest BCUT2D eigenvalue weighted by Crippen LogP contribution is -2.30. The second-order valence-electron chi connectivity index (χ2n) is 8.41. The predicted molar refractivity (Wildman–Crippen MR) is 129 cm³/mol. The zero-order chi connectivity index (χ0) is 25.5. The molecule has 0 aromatic heterocycles. The molecule has 2 aromatic carbocycles. The summed E-state index contributed by atoms with van der Waals surface area (Å²) < 4.78 is 43.1. The molecule has 2 aromatic rings. The van der Waals surface area contributed by atoms with Crippen LogP contribution in [0, 0.1) is 5.92 Å². The van der Waals surface area contributed by atoms with Crippen molar-refractivity contribution in [3.8, 4) is 11.5 Å². The first-order chi connectivity index (χ1) is 15.9. The number of sulfonamides is 1. The van der Waals surface area contributed by atoms with Gasteiger partial charge in [0.15, 0.2) is 17.6 Å². The molecule has 34 heavy (non-hydrogen) atoms. The van der Waals surface area contributed by atoms with E-state index in [1.807, 2.05) is 13.8 Å². The van der Waals surface area contributed by atoms with Gasteiger partial charge in [0.05, 0.1) is 24.2 Å². The summed E-state index contributed by atoms with van der Waals surface area (Å²) >= 11 is 0. The van der Waals surface area contributed by atoms with Gasteiger partial charge in [-0.15, -0.1) is 0 Å². The van der Waals surface area contributed by atoms with Crippen molar-refractivity contribution < 1.29 is 32.2 Å². The van der Waals surface area contributed by atoms with Gasteiger partial charge in [-0.2, -0.15) is 0 Å². The Hall–Kier alpha value is -3.11. The van der Waals surface area contributed by atoms with Crippen LogP contribution >= 0.6 is 0 Å². The van der Waals surface area contributed by atoms with E-state index in [0.717, 1.165) is 0 Å². The highest BCUT2D eigenvalue weighted by Gasteiger charge is 2.21. The van der Waals surface area contributed by atoms with Crippen LogP contribution in [0.15, 0.2) is 47.4 Å². The Labute approximate surface area is 200 Å². The molecule has 0 fully saturated rings. The van der Waals surface area contributed by atoms with Gasteiger partial charge in [-0.1, -0.05) is 13.8 Å². The standard InChI is InChI=1S/C24H32N2O7S/c1-15(2)14-32-21-12-7-18(13-22(21)31-6)24(28)33-17(5)23(27)25-19-8-10-20(11-9-19)34(29,30)26-16(3)4/h7-13,15-17,26H,14H2,1-6H3,(H,25,27). The van der Waals surface area contributed by atoms with E-state index < -0.39 is 28.0 Å². The van der Waals surface area contributed by atoms with Crippen molar-refractivity contribution in [1.29, 1.82) is 0 Å². The Kier molecular flexibility index (Phi) is 9.46. The largest absolute Gasteiger partial charge is 0.493 e. The fourth-order valence-electron chi connectivity index (χ4n) is 2.79. The van der Waals surface area contributed by atoms with E-state index in [1.54, 1.807) is 19.9 Å². The lowest BCUT2D eigenvalue weighted by Gasteiger charge is -2.16. The van der Waals surface area contributed by atoms with Crippen LogP contribution in [0.2, 0.25) is 0 Å². The molecule has 0 bridgehead atoms. The fraction of sp³-hybridized carbons (Fsp3) is 0.417. The van der Waals surface area contributed by atoms with Crippen LogP contribution < -0.4 is 19.5 Å². The number of carbonyl (C=O) groups is 2. The number of amides is 1. The minimum atomic E-state index is -3.64. The molecule has 0 saturated carbocycles. The summed E-state index contributed by atoms with van der Waals surface area (Å²) in [6, 6.07) is 10.1. The smallest absolute Gasteiger partial charge is 0.339 e. The lowest BCUT2D eigenvalue weighted by molar-refractivity contribution is -0.123. The highest BCUT2D eigenvalue weighted by molar-refractivity contribution is 7.89. The van der Waals surface area contributed by atoms with E-state index in [1.165, 1.54) is 50.4 Å². The highest BCUT2D eigenvalue weighted by atomic mass is 32.2. The zero-order valence-corrected chi connectivity index (χ0v) is 21.1. The van der Waals surface area contributed by atoms with Gasteiger partial charge in [0, 0.05) is 11.7 Å². The number of benzene rings is 2. The van der Waals surface area contributed by atoms with Gasteiger partial charge in [0.1, 0.15) is 0 Å². The lowest BCUT2D eigenvalue weighted by atomic mass is 10.2. The monoisotopic (exact) mass is 492 g/mol. The summed E-state index contributed by atoms with van der Waals surface area (Å²) in [5.74, 6) is -0.0431. The van der Waals surface area contributed by atoms with Crippen molar-refractivity contribution in [3.63, 3.8) is 0 Å². The summed E-state index contributed by atoms with van der Waals surface area (Å²) in [6.45, 7) is 9.42. The summed E-state index contributed by atoms with van der Waals surface area (Å²) in [6.07, 6.45) is -1.10. The van der Waals surface area contributed by atoms with Crippen LogP contribution in [0.5, 0.6) is 11.5 Å². The van der Waals surface area contributed by atoms with Crippen molar-refractivity contribution in [1.82, 2.24) is 4.72 Å². The summed E-state index contributed by atoms with van der Waals surface area (Å²) in [7, 11) is -2.17. The van der Waals surface area contributed by atoms with Gasteiger partial charge >= 0.3 is 5.97 Å². The van der Waals surface area contributed by atoms with E-state index in [9.17, 15) is 18.0 Å². The second kappa shape index (κ2) is 11.8. The Morgan fingerprint density at radius 3 is 2.15 bits per heavy atom. The Morgan fingerprint density at radius 1 is 0.941 bits per heavy atom. The second-order valence-corrected chi connectivity index (χ2v) is 10.1. The molecule has 0 aliphatic heterocycles. The van der Waals surface area contributed by atoms with E-state index in [4.69, 9.17) is 14.2 Å². The van der Waals surface area contributed by atoms with Crippen molar-refractivity contribution >= 4 is 27.6 Å². The van der Waals surface area contributed by atoms with E-state index in [-0.39, 0.29) is 16.5 Å². The number of hydrogen-bond acceptors (Lipinski definition) is 7. The first-order valence-electron chi connectivity index (χ1n) is 10.9. The Morgan fingerprint density at radius 2 is 1.59 bits per heavy atom. The molecular weight excluding hydrogens is 460 g/mol. The average molecular weight is 493 g/mol. The molecule has 0 saturated heterocycles. The summed E-state index contributed by atoms with van der Waals surface area (Å²) in [5, 5.41) is 2.60. The number of rotatable bonds is 11. The molecule has 2 N–H and O–H groups in total. The minimum absolute atomic E-state index is 0.0773. The normalized spacial score (nSPS) is 12.4. The first kappa shape index (κ1) is 27.1. The molecule has 0 radical (unpaired) electrons. The number of anilines is 1. The molecule has 9 nitrogen and oxygen atoms in total. The fourth-order valence-corrected chi connectivity index (χ4v) is 4.04. The van der Waals surface area contributed by atoms with E-state index >= 15 is 0 Å². The topological polar surface area (TPSA) is 120 Å². The molecule has 2 rings (SSSR count). The van der Waals surface area contributed by atoms with Crippen LogP contribution in [-0.4, -0.2) is 46.2 Å². The highest BCUT2D eigenvalue weighted by Crippen LogP contribution is 2.29. The van der Waals surface area contributed by atoms with Crippen LogP contribution in [0.3, 0.4) is 0 Å². The Bertz CT molecular complexity index is 1100. The maximum atomic E-state index is 12.5. The molecule has 1 atom stereocenters. The maximum Gasteiger partial charge on any atom is 0.339 e. The van der Waals surface area contributed by atoms with Crippen molar-refractivity contribution in [3.05, 3.63) is 48.0 Å². The van der Waals surface area contributed by atoms with Gasteiger partial charge in [-0.25, -0.2) is 17.9 Å². The molecule has 0 aliphatic carbocycles. The first-order valence-corrected chi connectivity index (χ1v) is 12.4. The van der Waals surface area contributed by atoms with Crippen molar-refractivity contribution in [2.45, 2.75) is 51.7 Å². The SMILES string of the molecule is COc1cc(C(=O)OC(C)C(=O)Nc2ccc(S(=O)(=O)NC(C)C)cc2)ccc1OCC(C)C. The number of methoxy groups -OCH3 is 1. The molecule has 1 unspecified atom stereocenters. The van der Waals surface area contributed by atoms with E-state index in [0.29, 0.717) is 29.7 Å². The molecule has 0 spiro atoms. The van der Waals surface area contributed by atoms with Gasteiger partial charge in [0.25, 0.3) is 5.91 Å². The molecule has 0 heterocycles. The Balaban J connectivity index is 2.01. The van der Waals surface area contributed by atoms with Gasteiger partial charge in [-0.05, 0) is 69.2 Å². The van der Waals surface area contributed by atoms with Gasteiger partial charge in [-0.3, -0.25) is 4.79 Å². The third kappa shape index (κ3) is 7.74. The summed E-state index contributed by atoms with van der Waals surface area (Å²) in [5.41, 5.74) is 0.574. The summed E-state index contributed by atoms with van der Waals surface area (Å²) in [4.78, 5) is 25.1. The number of ether oxygens (including phenoxy) is 3. The van der Waals surface area contributed by atoms with Gasteiger partial charge in [0.2, 0.25) is 10.0 Å². The number of carbonyl (C=O) groups excluding carboxylic acids is 2. The zero-order valence-electron chi connectivity index (χ0n) is 20.2. The minimum Gasteiger partial charge on any atom is -0.493 e. The molecule has 186 valence electrons. The number of nitrogens with one attached hydrogen (secondary N) is 2. The maximum absolute atomic E-state index is 12.5. The average Bonchev–Trinajstić information content (AvgIpc) is 2.76. The number of esters is 1. The van der Waals surface area contributed by atoms with Crippen molar-refractivity contribution in [2.24, 2.45) is 5.92 Å². The molecular formula is C24H32N2O7S. The van der Waals surface area contributed by atoms with Crippen LogP contribution in [0.4, 0.5) is 5.69 Å². The van der Waals surface area contributed by atoms with Crippen molar-refractivity contribution in [2.75, 3.05) is 19.0 Å². The van der Waals surface area contributed by atoms with Crippen LogP contribution in [0.1, 0.15) is 45.0 Å². The van der Waals surface area contributed by atoms with Crippen LogP contribution in [0.25, 0.3) is 0 Å². The molecule has 1 amide bonds. The predicted octanol–water partition coefficient (Wildman–Crippen LogP) is 3.60. The third-order valence-electron chi connectivity index (χ3n) is 4.45. The molecule has 10 heteroatoms. The quantitative estimate of drug-likeness (QED) is 0.460.